The van der Waals surface area contributed by atoms with Crippen molar-refractivity contribution in [2.24, 2.45) is 0 Å². The minimum Gasteiger partial charge on any atom is -0.497 e. The maximum atomic E-state index is 10.0. The highest BCUT2D eigenvalue weighted by molar-refractivity contribution is 5.31. The summed E-state index contributed by atoms with van der Waals surface area (Å²) in [6.45, 7) is 1.28. The van der Waals surface area contributed by atoms with Crippen LogP contribution in [0, 0.1) is 0 Å². The van der Waals surface area contributed by atoms with Gasteiger partial charge in [0.25, 0.3) is 0 Å². The number of ether oxygens (including phenoxy) is 1. The minimum atomic E-state index is -0.315. The lowest BCUT2D eigenvalue weighted by atomic mass is 10.0. The van der Waals surface area contributed by atoms with Crippen LogP contribution in [-0.4, -0.2) is 39.7 Å². The largest absolute Gasteiger partial charge is 0.497 e. The highest BCUT2D eigenvalue weighted by Gasteiger charge is 2.32. The van der Waals surface area contributed by atoms with Crippen molar-refractivity contribution in [2.45, 2.75) is 25.1 Å². The Labute approximate surface area is 124 Å². The summed E-state index contributed by atoms with van der Waals surface area (Å²) < 4.78 is 5.29. The van der Waals surface area contributed by atoms with Gasteiger partial charge in [-0.1, -0.05) is 12.1 Å². The van der Waals surface area contributed by atoms with Crippen molar-refractivity contribution in [3.63, 3.8) is 0 Å². The number of aromatic nitrogens is 2. The van der Waals surface area contributed by atoms with Gasteiger partial charge in [0.2, 0.25) is 0 Å². The van der Waals surface area contributed by atoms with Gasteiger partial charge in [0.15, 0.2) is 0 Å². The third-order valence-corrected chi connectivity index (χ3v) is 3.82. The van der Waals surface area contributed by atoms with Crippen LogP contribution in [0.2, 0.25) is 0 Å². The predicted molar refractivity (Wildman–Crippen MR) is 78.8 cm³/mol. The Morgan fingerprint density at radius 1 is 1.29 bits per heavy atom. The van der Waals surface area contributed by atoms with E-state index in [-0.39, 0.29) is 12.1 Å². The van der Waals surface area contributed by atoms with Crippen molar-refractivity contribution in [2.75, 3.05) is 13.7 Å². The van der Waals surface area contributed by atoms with Crippen LogP contribution in [0.4, 0.5) is 0 Å². The number of hydrogen-bond acceptors (Lipinski definition) is 5. The fraction of sp³-hybridized carbons (Fsp3) is 0.375. The lowest BCUT2D eigenvalue weighted by molar-refractivity contribution is 0.171. The number of aliphatic hydroxyl groups excluding tert-OH is 1. The smallest absolute Gasteiger partial charge is 0.142 e. The maximum Gasteiger partial charge on any atom is 0.142 e. The zero-order chi connectivity index (χ0) is 14.7. The van der Waals surface area contributed by atoms with E-state index in [1.54, 1.807) is 19.5 Å². The molecule has 0 unspecified atom stereocenters. The Balaban J connectivity index is 1.81. The number of benzene rings is 1. The fourth-order valence-corrected chi connectivity index (χ4v) is 2.84. The molecule has 3 rings (SSSR count). The molecule has 1 saturated heterocycles. The molecule has 1 aromatic carbocycles. The molecular weight excluding hydrogens is 266 g/mol. The van der Waals surface area contributed by atoms with E-state index in [1.165, 1.54) is 0 Å². The minimum absolute atomic E-state index is 0.166. The molecule has 2 atom stereocenters. The maximum absolute atomic E-state index is 10.0. The Kier molecular flexibility index (Phi) is 4.13. The first-order valence-corrected chi connectivity index (χ1v) is 7.08. The molecular formula is C16H19N3O2. The molecule has 0 amide bonds. The van der Waals surface area contributed by atoms with Gasteiger partial charge in [0.1, 0.15) is 11.6 Å². The molecule has 0 saturated carbocycles. The third-order valence-electron chi connectivity index (χ3n) is 3.82. The van der Waals surface area contributed by atoms with Crippen molar-refractivity contribution < 1.29 is 9.84 Å². The van der Waals surface area contributed by atoms with Gasteiger partial charge in [-0.05, 0) is 30.2 Å². The molecule has 21 heavy (non-hydrogen) atoms. The molecule has 1 aliphatic heterocycles. The third kappa shape index (κ3) is 3.20. The Hall–Kier alpha value is -1.98. The van der Waals surface area contributed by atoms with E-state index in [9.17, 15) is 5.11 Å². The van der Waals surface area contributed by atoms with Gasteiger partial charge in [-0.2, -0.15) is 0 Å². The van der Waals surface area contributed by atoms with Crippen LogP contribution in [-0.2, 0) is 6.54 Å². The van der Waals surface area contributed by atoms with Gasteiger partial charge in [-0.15, -0.1) is 0 Å². The Morgan fingerprint density at radius 2 is 2.10 bits per heavy atom. The van der Waals surface area contributed by atoms with Gasteiger partial charge >= 0.3 is 0 Å². The van der Waals surface area contributed by atoms with Crippen LogP contribution in [0.25, 0.3) is 0 Å². The second-order valence-corrected chi connectivity index (χ2v) is 5.28. The number of likely N-dealkylation sites (tertiary alicyclic amines) is 1. The summed E-state index contributed by atoms with van der Waals surface area (Å²) in [4.78, 5) is 10.8. The standard InChI is InChI=1S/C16H19N3O2/c1-21-14-5-2-4-12(8-14)15-9-13(20)10-19(15)11-16-17-6-3-7-18-16/h2-8,13,15,20H,9-11H2,1H3/t13-,15+/m0/s1. The average molecular weight is 285 g/mol. The second-order valence-electron chi connectivity index (χ2n) is 5.28. The molecule has 1 fully saturated rings. The van der Waals surface area contributed by atoms with Crippen LogP contribution >= 0.6 is 0 Å². The predicted octanol–water partition coefficient (Wildman–Crippen LogP) is 1.79. The molecule has 0 radical (unpaired) electrons. The molecule has 0 spiro atoms. The zero-order valence-corrected chi connectivity index (χ0v) is 12.0. The van der Waals surface area contributed by atoms with Crippen molar-refractivity contribution in [3.8, 4) is 5.75 Å². The fourth-order valence-electron chi connectivity index (χ4n) is 2.84. The lowest BCUT2D eigenvalue weighted by Gasteiger charge is -2.23. The van der Waals surface area contributed by atoms with Crippen molar-refractivity contribution in [1.29, 1.82) is 0 Å². The first kappa shape index (κ1) is 14.0. The first-order valence-electron chi connectivity index (χ1n) is 7.08. The summed E-state index contributed by atoms with van der Waals surface area (Å²) in [5.41, 5.74) is 1.15. The molecule has 2 heterocycles. The van der Waals surface area contributed by atoms with Crippen LogP contribution in [0.5, 0.6) is 5.75 Å². The van der Waals surface area contributed by atoms with Gasteiger partial charge in [-0.25, -0.2) is 9.97 Å². The second kappa shape index (κ2) is 6.20. The number of hydrogen-bond donors (Lipinski definition) is 1. The number of β-amino-alcohol motifs (C(OH)–C–C–N with tert-alkyl or cyclic N) is 1. The summed E-state index contributed by atoms with van der Waals surface area (Å²) in [7, 11) is 1.66. The quantitative estimate of drug-likeness (QED) is 0.928. The molecule has 1 aromatic heterocycles. The van der Waals surface area contributed by atoms with Crippen LogP contribution in [0.15, 0.2) is 42.7 Å². The number of methoxy groups -OCH3 is 1. The molecule has 0 aliphatic carbocycles. The van der Waals surface area contributed by atoms with Gasteiger partial charge in [0.05, 0.1) is 19.8 Å². The summed E-state index contributed by atoms with van der Waals surface area (Å²) in [6.07, 6.45) is 3.90. The summed E-state index contributed by atoms with van der Waals surface area (Å²) in [6, 6.07) is 9.99. The molecule has 0 bridgehead atoms. The highest BCUT2D eigenvalue weighted by Crippen LogP contribution is 2.34. The van der Waals surface area contributed by atoms with Crippen molar-refractivity contribution >= 4 is 0 Å². The monoisotopic (exact) mass is 285 g/mol. The number of rotatable bonds is 4. The van der Waals surface area contributed by atoms with Gasteiger partial charge in [-0.3, -0.25) is 4.90 Å². The normalized spacial score (nSPS) is 22.4. The summed E-state index contributed by atoms with van der Waals surface area (Å²) >= 11 is 0. The highest BCUT2D eigenvalue weighted by atomic mass is 16.5. The van der Waals surface area contributed by atoms with E-state index < -0.39 is 0 Å². The van der Waals surface area contributed by atoms with E-state index in [2.05, 4.69) is 20.9 Å². The van der Waals surface area contributed by atoms with Gasteiger partial charge < -0.3 is 9.84 Å². The molecule has 1 N–H and O–H groups in total. The Morgan fingerprint density at radius 3 is 2.86 bits per heavy atom. The van der Waals surface area contributed by atoms with E-state index in [4.69, 9.17) is 4.74 Å². The SMILES string of the molecule is COc1cccc([C@H]2C[C@H](O)CN2Cc2ncccn2)c1. The number of aliphatic hydroxyl groups is 1. The topological polar surface area (TPSA) is 58.5 Å². The van der Waals surface area contributed by atoms with E-state index in [0.29, 0.717) is 13.1 Å². The van der Waals surface area contributed by atoms with Crippen LogP contribution < -0.4 is 4.74 Å². The zero-order valence-electron chi connectivity index (χ0n) is 12.0. The van der Waals surface area contributed by atoms with Crippen molar-refractivity contribution in [1.82, 2.24) is 14.9 Å². The van der Waals surface area contributed by atoms with E-state index in [1.807, 2.05) is 24.3 Å². The molecule has 5 heteroatoms. The van der Waals surface area contributed by atoms with Crippen LogP contribution in [0.1, 0.15) is 23.9 Å². The molecule has 5 nitrogen and oxygen atoms in total. The first-order chi connectivity index (χ1) is 10.3. The lowest BCUT2D eigenvalue weighted by Crippen LogP contribution is -2.25. The molecule has 2 aromatic rings. The van der Waals surface area contributed by atoms with Crippen LogP contribution in [0.3, 0.4) is 0 Å². The number of nitrogens with zero attached hydrogens (tertiary/aromatic N) is 3. The average Bonchev–Trinajstić information content (AvgIpc) is 2.89. The van der Waals surface area contributed by atoms with E-state index in [0.717, 1.165) is 23.6 Å². The van der Waals surface area contributed by atoms with E-state index >= 15 is 0 Å². The summed E-state index contributed by atoms with van der Waals surface area (Å²) in [5, 5.41) is 10.0. The Bertz CT molecular complexity index is 591. The van der Waals surface area contributed by atoms with Gasteiger partial charge in [0, 0.05) is 25.0 Å². The van der Waals surface area contributed by atoms with Crippen molar-refractivity contribution in [3.05, 3.63) is 54.1 Å². The summed E-state index contributed by atoms with van der Waals surface area (Å²) in [5.74, 6) is 1.62. The molecule has 1 aliphatic rings. The molecule has 110 valence electrons.